The second kappa shape index (κ2) is 9.98. The van der Waals surface area contributed by atoms with Crippen LogP contribution in [-0.4, -0.2) is 41.6 Å². The molecule has 0 aliphatic rings. The minimum Gasteiger partial charge on any atom is -0.466 e. The first kappa shape index (κ1) is 14.5. The molecule has 0 heterocycles. The molecule has 4 nitrogen and oxygen atoms in total. The molecule has 0 saturated carbocycles. The molecule has 0 fully saturated rings. The highest BCUT2D eigenvalue weighted by Crippen LogP contribution is 2.05. The van der Waals surface area contributed by atoms with Crippen LogP contribution in [0.4, 0.5) is 0 Å². The predicted octanol–water partition coefficient (Wildman–Crippen LogP) is 1.01. The Labute approximate surface area is 94.4 Å². The van der Waals surface area contributed by atoms with E-state index >= 15 is 0 Å². The lowest BCUT2D eigenvalue weighted by atomic mass is 10.2. The summed E-state index contributed by atoms with van der Waals surface area (Å²) in [7, 11) is 0. The summed E-state index contributed by atoms with van der Waals surface area (Å²) in [5.74, 6) is 0.943. The molecule has 0 unspecified atom stereocenters. The van der Waals surface area contributed by atoms with Crippen LogP contribution in [-0.2, 0) is 14.3 Å². The molecular formula is C10H18O4S. The molecule has 15 heavy (non-hydrogen) atoms. The van der Waals surface area contributed by atoms with Gasteiger partial charge in [0.15, 0.2) is 0 Å². The van der Waals surface area contributed by atoms with Gasteiger partial charge in [-0.3, -0.25) is 9.59 Å². The van der Waals surface area contributed by atoms with Crippen LogP contribution in [0.15, 0.2) is 0 Å². The Morgan fingerprint density at radius 3 is 2.67 bits per heavy atom. The van der Waals surface area contributed by atoms with Gasteiger partial charge >= 0.3 is 5.97 Å². The minimum atomic E-state index is -0.314. The van der Waals surface area contributed by atoms with Crippen molar-refractivity contribution in [1.29, 1.82) is 0 Å². The Hall–Kier alpha value is -0.550. The molecule has 0 amide bonds. The number of carbonyl (C=O) groups excluding carboxylic acids is 2. The number of rotatable bonds is 9. The van der Waals surface area contributed by atoms with Crippen molar-refractivity contribution < 1.29 is 19.4 Å². The maximum absolute atomic E-state index is 11.2. The van der Waals surface area contributed by atoms with Gasteiger partial charge in [-0.05, 0) is 19.1 Å². The van der Waals surface area contributed by atoms with E-state index in [9.17, 15) is 9.59 Å². The molecule has 88 valence electrons. The SMILES string of the molecule is CCOC(=O)CCC(=O)CSCCCO. The lowest BCUT2D eigenvalue weighted by Gasteiger charge is -2.01. The predicted molar refractivity (Wildman–Crippen MR) is 59.9 cm³/mol. The van der Waals surface area contributed by atoms with E-state index < -0.39 is 0 Å². The molecule has 0 rings (SSSR count). The third kappa shape index (κ3) is 9.75. The molecule has 0 radical (unpaired) electrons. The lowest BCUT2D eigenvalue weighted by Crippen LogP contribution is -2.09. The van der Waals surface area contributed by atoms with Crippen molar-refractivity contribution in [2.45, 2.75) is 26.2 Å². The molecule has 0 aliphatic heterocycles. The summed E-state index contributed by atoms with van der Waals surface area (Å²) in [6.45, 7) is 2.26. The Kier molecular flexibility index (Phi) is 9.62. The van der Waals surface area contributed by atoms with Crippen LogP contribution in [0.25, 0.3) is 0 Å². The summed E-state index contributed by atoms with van der Waals surface area (Å²) < 4.78 is 4.70. The minimum absolute atomic E-state index is 0.0611. The van der Waals surface area contributed by atoms with Crippen LogP contribution >= 0.6 is 11.8 Å². The van der Waals surface area contributed by atoms with E-state index in [2.05, 4.69) is 0 Å². The normalized spacial score (nSPS) is 10.0. The van der Waals surface area contributed by atoms with Gasteiger partial charge in [0.2, 0.25) is 0 Å². The molecular weight excluding hydrogens is 216 g/mol. The smallest absolute Gasteiger partial charge is 0.306 e. The van der Waals surface area contributed by atoms with Gasteiger partial charge in [0.05, 0.1) is 18.8 Å². The van der Waals surface area contributed by atoms with Crippen molar-refractivity contribution in [2.75, 3.05) is 24.7 Å². The number of Topliss-reactive ketones (excluding diaryl/α,β-unsaturated/α-hetero) is 1. The van der Waals surface area contributed by atoms with Crippen molar-refractivity contribution >= 4 is 23.5 Å². The largest absolute Gasteiger partial charge is 0.466 e. The number of esters is 1. The van der Waals surface area contributed by atoms with E-state index in [-0.39, 0.29) is 31.2 Å². The van der Waals surface area contributed by atoms with Gasteiger partial charge in [0.1, 0.15) is 5.78 Å². The third-order valence-corrected chi connectivity index (χ3v) is 2.73. The summed E-state index contributed by atoms with van der Waals surface area (Å²) in [5.41, 5.74) is 0. The molecule has 0 aromatic carbocycles. The van der Waals surface area contributed by atoms with Crippen molar-refractivity contribution in [1.82, 2.24) is 0 Å². The summed E-state index contributed by atoms with van der Waals surface area (Å²) in [4.78, 5) is 22.1. The second-order valence-electron chi connectivity index (χ2n) is 2.97. The quantitative estimate of drug-likeness (QED) is 0.476. The Morgan fingerprint density at radius 1 is 1.33 bits per heavy atom. The summed E-state index contributed by atoms with van der Waals surface area (Å²) in [6, 6.07) is 0. The maximum atomic E-state index is 11.2. The molecule has 0 bridgehead atoms. The van der Waals surface area contributed by atoms with Crippen LogP contribution in [0.3, 0.4) is 0 Å². The third-order valence-electron chi connectivity index (χ3n) is 1.62. The van der Waals surface area contributed by atoms with Gasteiger partial charge in [-0.1, -0.05) is 0 Å². The lowest BCUT2D eigenvalue weighted by molar-refractivity contribution is -0.144. The molecule has 5 heteroatoms. The van der Waals surface area contributed by atoms with Crippen molar-refractivity contribution in [3.05, 3.63) is 0 Å². The van der Waals surface area contributed by atoms with Gasteiger partial charge < -0.3 is 9.84 Å². The van der Waals surface area contributed by atoms with Crippen molar-refractivity contribution in [3.8, 4) is 0 Å². The highest BCUT2D eigenvalue weighted by Gasteiger charge is 2.07. The number of carbonyl (C=O) groups is 2. The van der Waals surface area contributed by atoms with Gasteiger partial charge in [-0.2, -0.15) is 11.8 Å². The average molecular weight is 234 g/mol. The van der Waals surface area contributed by atoms with E-state index in [0.29, 0.717) is 18.8 Å². The number of thioether (sulfide) groups is 1. The molecule has 1 N–H and O–H groups in total. The Balaban J connectivity index is 3.36. The van der Waals surface area contributed by atoms with Gasteiger partial charge in [0.25, 0.3) is 0 Å². The van der Waals surface area contributed by atoms with Crippen LogP contribution in [0, 0.1) is 0 Å². The topological polar surface area (TPSA) is 63.6 Å². The first-order valence-corrected chi connectivity index (χ1v) is 6.22. The van der Waals surface area contributed by atoms with E-state index in [0.717, 1.165) is 5.75 Å². The monoisotopic (exact) mass is 234 g/mol. The first-order valence-electron chi connectivity index (χ1n) is 5.06. The van der Waals surface area contributed by atoms with Gasteiger partial charge in [-0.15, -0.1) is 0 Å². The number of ether oxygens (including phenoxy) is 1. The zero-order valence-electron chi connectivity index (χ0n) is 9.03. The Morgan fingerprint density at radius 2 is 2.07 bits per heavy atom. The van der Waals surface area contributed by atoms with Crippen LogP contribution in [0.5, 0.6) is 0 Å². The van der Waals surface area contributed by atoms with E-state index in [1.165, 1.54) is 11.8 Å². The van der Waals surface area contributed by atoms with Gasteiger partial charge in [-0.25, -0.2) is 0 Å². The second-order valence-corrected chi connectivity index (χ2v) is 4.08. The average Bonchev–Trinajstić information content (AvgIpc) is 2.22. The highest BCUT2D eigenvalue weighted by atomic mass is 32.2. The standard InChI is InChI=1S/C10H18O4S/c1-2-14-10(13)5-4-9(12)8-15-7-3-6-11/h11H,2-8H2,1H3. The summed E-state index contributed by atoms with van der Waals surface area (Å²) in [5, 5.41) is 8.51. The van der Waals surface area contributed by atoms with E-state index in [4.69, 9.17) is 9.84 Å². The molecule has 0 saturated heterocycles. The van der Waals surface area contributed by atoms with Crippen LogP contribution in [0.1, 0.15) is 26.2 Å². The Bertz CT molecular complexity index is 194. The molecule has 0 aromatic heterocycles. The number of aliphatic hydroxyl groups excluding tert-OH is 1. The molecule has 0 aromatic rings. The first-order chi connectivity index (χ1) is 7.20. The van der Waals surface area contributed by atoms with Crippen molar-refractivity contribution in [2.24, 2.45) is 0 Å². The zero-order chi connectivity index (χ0) is 11.5. The number of hydrogen-bond acceptors (Lipinski definition) is 5. The van der Waals surface area contributed by atoms with Crippen LogP contribution < -0.4 is 0 Å². The zero-order valence-corrected chi connectivity index (χ0v) is 9.85. The highest BCUT2D eigenvalue weighted by molar-refractivity contribution is 7.99. The molecule has 0 spiro atoms. The van der Waals surface area contributed by atoms with Gasteiger partial charge in [0, 0.05) is 13.0 Å². The molecule has 0 atom stereocenters. The summed E-state index contributed by atoms with van der Waals surface area (Å²) in [6.07, 6.45) is 1.13. The summed E-state index contributed by atoms with van der Waals surface area (Å²) >= 11 is 1.49. The number of hydrogen-bond donors (Lipinski definition) is 1. The van der Waals surface area contributed by atoms with E-state index in [1.807, 2.05) is 0 Å². The van der Waals surface area contributed by atoms with E-state index in [1.54, 1.807) is 6.92 Å². The number of aliphatic hydroxyl groups is 1. The fourth-order valence-corrected chi connectivity index (χ4v) is 1.75. The van der Waals surface area contributed by atoms with Crippen molar-refractivity contribution in [3.63, 3.8) is 0 Å². The maximum Gasteiger partial charge on any atom is 0.306 e. The van der Waals surface area contributed by atoms with Crippen LogP contribution in [0.2, 0.25) is 0 Å². The fraction of sp³-hybridized carbons (Fsp3) is 0.800. The fourth-order valence-electron chi connectivity index (χ4n) is 0.899. The molecule has 0 aliphatic carbocycles. The number of ketones is 1.